The van der Waals surface area contributed by atoms with Gasteiger partial charge in [0.15, 0.2) is 0 Å². The molecule has 1 aromatic rings. The summed E-state index contributed by atoms with van der Waals surface area (Å²) in [7, 11) is 0. The lowest BCUT2D eigenvalue weighted by Crippen LogP contribution is -2.14. The van der Waals surface area contributed by atoms with E-state index in [1.165, 1.54) is 17.1 Å². The highest BCUT2D eigenvalue weighted by molar-refractivity contribution is 8.06. The van der Waals surface area contributed by atoms with E-state index >= 15 is 0 Å². The third-order valence-corrected chi connectivity index (χ3v) is 5.61. The van der Waals surface area contributed by atoms with Gasteiger partial charge in [0.05, 0.1) is 5.25 Å². The average molecular weight is 269 g/mol. The maximum absolute atomic E-state index is 4.69. The summed E-state index contributed by atoms with van der Waals surface area (Å²) in [5.41, 5.74) is 2.27. The van der Waals surface area contributed by atoms with Crippen LogP contribution in [0.2, 0.25) is 0 Å². The minimum Gasteiger partial charge on any atom is -0.370 e. The maximum Gasteiger partial charge on any atom is 0.144 e. The Bertz CT molecular complexity index is 390. The second kappa shape index (κ2) is 5.96. The second-order valence-corrected chi connectivity index (χ2v) is 6.57. The molecule has 2 heterocycles. The standard InChI is InChI=1S/C12H19N3S2/c1-4-13-11-8(2)9(3)14-12(15-11)10-7-16-5-6-17-10/h10H,4-7H2,1-3H3,(H,13,14,15). The zero-order valence-corrected chi connectivity index (χ0v) is 12.2. The van der Waals surface area contributed by atoms with Crippen molar-refractivity contribution in [2.45, 2.75) is 26.0 Å². The Kier molecular flexibility index (Phi) is 4.56. The number of thioether (sulfide) groups is 2. The molecular formula is C12H19N3S2. The number of anilines is 1. The van der Waals surface area contributed by atoms with Gasteiger partial charge in [-0.25, -0.2) is 9.97 Å². The molecule has 0 spiro atoms. The fourth-order valence-electron chi connectivity index (χ4n) is 1.77. The van der Waals surface area contributed by atoms with Gasteiger partial charge in [-0.3, -0.25) is 0 Å². The molecular weight excluding hydrogens is 250 g/mol. The van der Waals surface area contributed by atoms with Gasteiger partial charge in [-0.1, -0.05) is 0 Å². The predicted molar refractivity (Wildman–Crippen MR) is 78.2 cm³/mol. The number of nitrogens with one attached hydrogen (secondary N) is 1. The molecule has 1 unspecified atom stereocenters. The van der Waals surface area contributed by atoms with Crippen LogP contribution in [0.15, 0.2) is 0 Å². The van der Waals surface area contributed by atoms with Crippen molar-refractivity contribution in [3.63, 3.8) is 0 Å². The van der Waals surface area contributed by atoms with E-state index in [-0.39, 0.29) is 0 Å². The van der Waals surface area contributed by atoms with Gasteiger partial charge in [-0.05, 0) is 20.8 Å². The Morgan fingerprint density at radius 1 is 1.29 bits per heavy atom. The van der Waals surface area contributed by atoms with Crippen LogP contribution in [0.25, 0.3) is 0 Å². The minimum atomic E-state index is 0.463. The first-order valence-electron chi connectivity index (χ1n) is 6.00. The monoisotopic (exact) mass is 269 g/mol. The molecule has 1 aliphatic heterocycles. The fourth-order valence-corrected chi connectivity index (χ4v) is 4.37. The first-order valence-corrected chi connectivity index (χ1v) is 8.21. The molecule has 0 bridgehead atoms. The van der Waals surface area contributed by atoms with Crippen LogP contribution in [0.1, 0.15) is 29.3 Å². The van der Waals surface area contributed by atoms with E-state index in [1.54, 1.807) is 0 Å². The Morgan fingerprint density at radius 2 is 2.12 bits per heavy atom. The largest absolute Gasteiger partial charge is 0.370 e. The molecule has 1 aliphatic rings. The van der Waals surface area contributed by atoms with Gasteiger partial charge < -0.3 is 5.32 Å². The van der Waals surface area contributed by atoms with Crippen LogP contribution in [0.5, 0.6) is 0 Å². The summed E-state index contributed by atoms with van der Waals surface area (Å²) in [5.74, 6) is 5.61. The van der Waals surface area contributed by atoms with Crippen LogP contribution in [0, 0.1) is 13.8 Å². The quantitative estimate of drug-likeness (QED) is 0.913. The van der Waals surface area contributed by atoms with Gasteiger partial charge in [0.2, 0.25) is 0 Å². The van der Waals surface area contributed by atoms with Crippen LogP contribution in [-0.2, 0) is 0 Å². The third kappa shape index (κ3) is 3.07. The van der Waals surface area contributed by atoms with Crippen molar-refractivity contribution in [1.29, 1.82) is 0 Å². The number of nitrogens with zero attached hydrogens (tertiary/aromatic N) is 2. The summed E-state index contributed by atoms with van der Waals surface area (Å²) < 4.78 is 0. The van der Waals surface area contributed by atoms with Crippen molar-refractivity contribution >= 4 is 29.3 Å². The number of aryl methyl sites for hydroxylation is 1. The van der Waals surface area contributed by atoms with Crippen LogP contribution >= 0.6 is 23.5 Å². The van der Waals surface area contributed by atoms with Crippen LogP contribution in [0.4, 0.5) is 5.82 Å². The predicted octanol–water partition coefficient (Wildman–Crippen LogP) is 3.05. The van der Waals surface area contributed by atoms with Crippen molar-refractivity contribution in [2.24, 2.45) is 0 Å². The topological polar surface area (TPSA) is 37.8 Å². The molecule has 1 atom stereocenters. The molecule has 2 rings (SSSR count). The molecule has 1 N–H and O–H groups in total. The Balaban J connectivity index is 2.27. The maximum atomic E-state index is 4.69. The van der Waals surface area contributed by atoms with Crippen LogP contribution in [0.3, 0.4) is 0 Å². The Labute approximate surface area is 112 Å². The van der Waals surface area contributed by atoms with Crippen molar-refractivity contribution in [2.75, 3.05) is 29.1 Å². The lowest BCUT2D eigenvalue weighted by molar-refractivity contribution is 0.890. The summed E-state index contributed by atoms with van der Waals surface area (Å²) in [6.45, 7) is 7.16. The number of hydrogen-bond acceptors (Lipinski definition) is 5. The molecule has 94 valence electrons. The SMILES string of the molecule is CCNc1nc(C2CSCCS2)nc(C)c1C. The van der Waals surface area contributed by atoms with Gasteiger partial charge in [0, 0.05) is 35.1 Å². The highest BCUT2D eigenvalue weighted by Gasteiger charge is 2.20. The zero-order chi connectivity index (χ0) is 12.3. The van der Waals surface area contributed by atoms with Crippen molar-refractivity contribution in [1.82, 2.24) is 9.97 Å². The van der Waals surface area contributed by atoms with E-state index in [0.29, 0.717) is 5.25 Å². The number of hydrogen-bond donors (Lipinski definition) is 1. The van der Waals surface area contributed by atoms with E-state index in [0.717, 1.165) is 29.6 Å². The first kappa shape index (κ1) is 13.0. The molecule has 3 nitrogen and oxygen atoms in total. The summed E-state index contributed by atoms with van der Waals surface area (Å²) in [4.78, 5) is 9.34. The molecule has 1 aromatic heterocycles. The van der Waals surface area contributed by atoms with E-state index in [9.17, 15) is 0 Å². The fraction of sp³-hybridized carbons (Fsp3) is 0.667. The highest BCUT2D eigenvalue weighted by Crippen LogP contribution is 2.35. The van der Waals surface area contributed by atoms with E-state index in [2.05, 4.69) is 31.1 Å². The molecule has 1 saturated heterocycles. The van der Waals surface area contributed by atoms with Crippen molar-refractivity contribution in [3.8, 4) is 0 Å². The first-order chi connectivity index (χ1) is 8.22. The molecule has 0 amide bonds. The molecule has 1 fully saturated rings. The summed E-state index contributed by atoms with van der Waals surface area (Å²) in [6.07, 6.45) is 0. The molecule has 5 heteroatoms. The summed E-state index contributed by atoms with van der Waals surface area (Å²) in [6, 6.07) is 0. The molecule has 0 radical (unpaired) electrons. The van der Waals surface area contributed by atoms with Gasteiger partial charge in [-0.2, -0.15) is 11.8 Å². The lowest BCUT2D eigenvalue weighted by Gasteiger charge is -2.21. The molecule has 17 heavy (non-hydrogen) atoms. The average Bonchev–Trinajstić information content (AvgIpc) is 2.36. The van der Waals surface area contributed by atoms with Crippen molar-refractivity contribution in [3.05, 3.63) is 17.1 Å². The molecule has 0 aliphatic carbocycles. The van der Waals surface area contributed by atoms with Crippen LogP contribution < -0.4 is 5.32 Å². The summed E-state index contributed by atoms with van der Waals surface area (Å²) in [5, 5.41) is 3.79. The van der Waals surface area contributed by atoms with Gasteiger partial charge in [-0.15, -0.1) is 11.8 Å². The zero-order valence-electron chi connectivity index (χ0n) is 10.6. The molecule has 0 aromatic carbocycles. The van der Waals surface area contributed by atoms with Gasteiger partial charge in [0.1, 0.15) is 11.6 Å². The third-order valence-electron chi connectivity index (χ3n) is 2.85. The van der Waals surface area contributed by atoms with Gasteiger partial charge in [0.25, 0.3) is 0 Å². The van der Waals surface area contributed by atoms with Gasteiger partial charge >= 0.3 is 0 Å². The smallest absolute Gasteiger partial charge is 0.144 e. The van der Waals surface area contributed by atoms with E-state index < -0.39 is 0 Å². The molecule has 0 saturated carbocycles. The number of aromatic nitrogens is 2. The van der Waals surface area contributed by atoms with Crippen molar-refractivity contribution < 1.29 is 0 Å². The normalized spacial score (nSPS) is 20.3. The van der Waals surface area contributed by atoms with E-state index in [1.807, 2.05) is 23.5 Å². The summed E-state index contributed by atoms with van der Waals surface area (Å²) >= 11 is 3.99. The Hall–Kier alpha value is -0.420. The van der Waals surface area contributed by atoms with E-state index in [4.69, 9.17) is 4.98 Å². The minimum absolute atomic E-state index is 0.463. The second-order valence-electron chi connectivity index (χ2n) is 4.11. The number of rotatable bonds is 3. The Morgan fingerprint density at radius 3 is 2.76 bits per heavy atom. The lowest BCUT2D eigenvalue weighted by atomic mass is 10.2. The van der Waals surface area contributed by atoms with Crippen LogP contribution in [-0.4, -0.2) is 33.8 Å². The highest BCUT2D eigenvalue weighted by atomic mass is 32.2.